The molecule has 1 aromatic heterocycles. The number of hydrogen-bond donors (Lipinski definition) is 2. The van der Waals surface area contributed by atoms with E-state index in [-0.39, 0.29) is 6.04 Å². The van der Waals surface area contributed by atoms with E-state index in [2.05, 4.69) is 10.3 Å². The number of aromatic nitrogens is 1. The molecule has 0 amide bonds. The number of thiazole rings is 1. The summed E-state index contributed by atoms with van der Waals surface area (Å²) in [4.78, 5) is 16.2. The van der Waals surface area contributed by atoms with Crippen molar-refractivity contribution in [1.82, 2.24) is 10.3 Å². The quantitative estimate of drug-likeness (QED) is 0.766. The minimum absolute atomic E-state index is 0.150. The van der Waals surface area contributed by atoms with Gasteiger partial charge < -0.3 is 10.4 Å². The SMILES string of the molecule is CC/C(=C/CNC(C)c1ncc(C)s1)C(=O)O. The van der Waals surface area contributed by atoms with Gasteiger partial charge in [0.2, 0.25) is 0 Å². The maximum absolute atomic E-state index is 10.8. The zero-order valence-electron chi connectivity index (χ0n) is 10.4. The summed E-state index contributed by atoms with van der Waals surface area (Å²) in [5.74, 6) is -0.841. The number of aliphatic carboxylic acids is 1. The number of carbonyl (C=O) groups is 1. The van der Waals surface area contributed by atoms with Crippen molar-refractivity contribution in [3.63, 3.8) is 0 Å². The molecule has 0 bridgehead atoms. The Morgan fingerprint density at radius 2 is 2.41 bits per heavy atom. The molecule has 1 aromatic rings. The van der Waals surface area contributed by atoms with Gasteiger partial charge >= 0.3 is 5.97 Å². The average Bonchev–Trinajstić information content (AvgIpc) is 2.70. The highest BCUT2D eigenvalue weighted by molar-refractivity contribution is 7.11. The van der Waals surface area contributed by atoms with E-state index in [1.54, 1.807) is 17.4 Å². The third-order valence-corrected chi connectivity index (χ3v) is 3.53. The average molecular weight is 254 g/mol. The van der Waals surface area contributed by atoms with Crippen molar-refractivity contribution in [2.45, 2.75) is 33.2 Å². The van der Waals surface area contributed by atoms with E-state index in [9.17, 15) is 4.79 Å². The molecule has 1 atom stereocenters. The lowest BCUT2D eigenvalue weighted by atomic mass is 10.2. The Balaban J connectivity index is 2.48. The number of rotatable bonds is 6. The highest BCUT2D eigenvalue weighted by atomic mass is 32.1. The van der Waals surface area contributed by atoms with Gasteiger partial charge in [-0.25, -0.2) is 9.78 Å². The third kappa shape index (κ3) is 4.28. The molecule has 0 aromatic carbocycles. The number of carboxylic acid groups (broad SMARTS) is 1. The minimum atomic E-state index is -0.841. The van der Waals surface area contributed by atoms with Gasteiger partial charge in [-0.1, -0.05) is 13.0 Å². The van der Waals surface area contributed by atoms with Gasteiger partial charge in [0.1, 0.15) is 5.01 Å². The number of carboxylic acids is 1. The summed E-state index contributed by atoms with van der Waals surface area (Å²) in [5, 5.41) is 13.1. The van der Waals surface area contributed by atoms with Crippen molar-refractivity contribution in [2.24, 2.45) is 0 Å². The molecule has 4 nitrogen and oxygen atoms in total. The Kier molecular flexibility index (Phi) is 5.31. The van der Waals surface area contributed by atoms with Crippen molar-refractivity contribution >= 4 is 17.3 Å². The van der Waals surface area contributed by atoms with Crippen LogP contribution in [0.3, 0.4) is 0 Å². The van der Waals surface area contributed by atoms with Crippen LogP contribution in [0, 0.1) is 6.92 Å². The molecule has 0 saturated heterocycles. The fourth-order valence-corrected chi connectivity index (χ4v) is 2.20. The van der Waals surface area contributed by atoms with E-state index in [0.29, 0.717) is 18.5 Å². The zero-order chi connectivity index (χ0) is 12.8. The number of hydrogen-bond acceptors (Lipinski definition) is 4. The molecular formula is C12H18N2O2S. The molecule has 17 heavy (non-hydrogen) atoms. The topological polar surface area (TPSA) is 62.2 Å². The number of aryl methyl sites for hydroxylation is 1. The molecule has 0 radical (unpaired) electrons. The Morgan fingerprint density at radius 1 is 1.71 bits per heavy atom. The molecule has 2 N–H and O–H groups in total. The van der Waals surface area contributed by atoms with E-state index < -0.39 is 5.97 Å². The van der Waals surface area contributed by atoms with Gasteiger partial charge in [-0.05, 0) is 20.3 Å². The molecule has 0 aliphatic heterocycles. The van der Waals surface area contributed by atoms with E-state index in [0.717, 1.165) is 5.01 Å². The van der Waals surface area contributed by atoms with E-state index in [1.807, 2.05) is 27.0 Å². The highest BCUT2D eigenvalue weighted by Crippen LogP contribution is 2.18. The van der Waals surface area contributed by atoms with Crippen molar-refractivity contribution in [3.05, 3.63) is 27.7 Å². The van der Waals surface area contributed by atoms with Gasteiger partial charge in [-0.3, -0.25) is 0 Å². The molecule has 0 aliphatic carbocycles. The summed E-state index contributed by atoms with van der Waals surface area (Å²) < 4.78 is 0. The molecule has 0 spiro atoms. The van der Waals surface area contributed by atoms with Crippen molar-refractivity contribution in [2.75, 3.05) is 6.54 Å². The van der Waals surface area contributed by atoms with Crippen LogP contribution in [0.4, 0.5) is 0 Å². The molecule has 0 fully saturated rings. The fraction of sp³-hybridized carbons (Fsp3) is 0.500. The highest BCUT2D eigenvalue weighted by Gasteiger charge is 2.08. The molecule has 5 heteroatoms. The molecule has 1 heterocycles. The lowest BCUT2D eigenvalue weighted by molar-refractivity contribution is -0.132. The number of nitrogens with one attached hydrogen (secondary N) is 1. The summed E-state index contributed by atoms with van der Waals surface area (Å²) in [6.07, 6.45) is 4.11. The normalized spacial score (nSPS) is 13.7. The summed E-state index contributed by atoms with van der Waals surface area (Å²) in [7, 11) is 0. The van der Waals surface area contributed by atoms with E-state index in [1.165, 1.54) is 4.88 Å². The first kappa shape index (κ1) is 13.9. The second-order valence-corrected chi connectivity index (χ2v) is 5.09. The van der Waals surface area contributed by atoms with Crippen LogP contribution in [0.2, 0.25) is 0 Å². The van der Waals surface area contributed by atoms with Gasteiger partial charge in [0, 0.05) is 23.2 Å². The van der Waals surface area contributed by atoms with Gasteiger partial charge in [0.15, 0.2) is 0 Å². The Labute approximate surface area is 105 Å². The molecular weight excluding hydrogens is 236 g/mol. The van der Waals surface area contributed by atoms with Crippen LogP contribution < -0.4 is 5.32 Å². The monoisotopic (exact) mass is 254 g/mol. The maximum Gasteiger partial charge on any atom is 0.331 e. The van der Waals surface area contributed by atoms with E-state index >= 15 is 0 Å². The standard InChI is InChI=1S/C12H18N2O2S/c1-4-10(12(15)16)5-6-13-9(3)11-14-7-8(2)17-11/h5,7,9,13H,4,6H2,1-3H3,(H,15,16)/b10-5-. The van der Waals surface area contributed by atoms with Gasteiger partial charge in [-0.15, -0.1) is 11.3 Å². The van der Waals surface area contributed by atoms with E-state index in [4.69, 9.17) is 5.11 Å². The smallest absolute Gasteiger partial charge is 0.331 e. The first-order valence-electron chi connectivity index (χ1n) is 5.62. The third-order valence-electron chi connectivity index (χ3n) is 2.44. The number of nitrogens with zero attached hydrogens (tertiary/aromatic N) is 1. The molecule has 1 unspecified atom stereocenters. The summed E-state index contributed by atoms with van der Waals surface area (Å²) in [6, 6.07) is 0.150. The van der Waals surface area contributed by atoms with Gasteiger partial charge in [-0.2, -0.15) is 0 Å². The lowest BCUT2D eigenvalue weighted by Crippen LogP contribution is -2.19. The zero-order valence-corrected chi connectivity index (χ0v) is 11.2. The maximum atomic E-state index is 10.8. The minimum Gasteiger partial charge on any atom is -0.478 e. The molecule has 1 rings (SSSR count). The van der Waals surface area contributed by atoms with Crippen molar-refractivity contribution in [3.8, 4) is 0 Å². The van der Waals surface area contributed by atoms with Gasteiger partial charge in [0.05, 0.1) is 6.04 Å². The molecule has 0 saturated carbocycles. The van der Waals surface area contributed by atoms with Crippen molar-refractivity contribution < 1.29 is 9.90 Å². The van der Waals surface area contributed by atoms with Crippen LogP contribution in [0.1, 0.15) is 36.2 Å². The molecule has 94 valence electrons. The first-order valence-corrected chi connectivity index (χ1v) is 6.44. The van der Waals surface area contributed by atoms with Crippen LogP contribution in [0.25, 0.3) is 0 Å². The van der Waals surface area contributed by atoms with Crippen LogP contribution in [-0.4, -0.2) is 22.6 Å². The largest absolute Gasteiger partial charge is 0.478 e. The Hall–Kier alpha value is -1.20. The van der Waals surface area contributed by atoms with Crippen LogP contribution >= 0.6 is 11.3 Å². The fourth-order valence-electron chi connectivity index (χ4n) is 1.40. The summed E-state index contributed by atoms with van der Waals surface area (Å²) >= 11 is 1.66. The predicted octanol–water partition coefficient (Wildman–Crippen LogP) is 2.52. The predicted molar refractivity (Wildman–Crippen MR) is 69.3 cm³/mol. The van der Waals surface area contributed by atoms with Crippen LogP contribution in [0.15, 0.2) is 17.8 Å². The first-order chi connectivity index (χ1) is 8.04. The van der Waals surface area contributed by atoms with Crippen LogP contribution in [-0.2, 0) is 4.79 Å². The second-order valence-electron chi connectivity index (χ2n) is 3.83. The lowest BCUT2D eigenvalue weighted by Gasteiger charge is -2.09. The Bertz CT molecular complexity index is 412. The van der Waals surface area contributed by atoms with Crippen LogP contribution in [0.5, 0.6) is 0 Å². The van der Waals surface area contributed by atoms with Crippen molar-refractivity contribution in [1.29, 1.82) is 0 Å². The summed E-state index contributed by atoms with van der Waals surface area (Å²) in [6.45, 7) is 6.44. The molecule has 0 aliphatic rings. The van der Waals surface area contributed by atoms with Gasteiger partial charge in [0.25, 0.3) is 0 Å². The summed E-state index contributed by atoms with van der Waals surface area (Å²) in [5.41, 5.74) is 0.444. The second kappa shape index (κ2) is 6.51. The Morgan fingerprint density at radius 3 is 2.88 bits per heavy atom.